The normalized spacial score (nSPS) is 12.8. The van der Waals surface area contributed by atoms with Crippen LogP contribution in [0.2, 0.25) is 0 Å². The Hall–Kier alpha value is -0.670. The molecule has 1 unspecified atom stereocenters. The number of rotatable bonds is 7. The van der Waals surface area contributed by atoms with Gasteiger partial charge < -0.3 is 9.47 Å². The van der Waals surface area contributed by atoms with Crippen LogP contribution in [0.15, 0.2) is 0 Å². The van der Waals surface area contributed by atoms with Gasteiger partial charge in [-0.1, -0.05) is 0 Å². The maximum absolute atomic E-state index is 8.70. The molecule has 5 nitrogen and oxygen atoms in total. The van der Waals surface area contributed by atoms with Crippen LogP contribution in [0.5, 0.6) is 0 Å². The van der Waals surface area contributed by atoms with E-state index >= 15 is 0 Å². The van der Waals surface area contributed by atoms with E-state index in [0.717, 1.165) is 0 Å². The van der Waals surface area contributed by atoms with E-state index in [2.05, 4.69) is 15.8 Å². The molecule has 76 valence electrons. The molecule has 0 aliphatic carbocycles. The molecule has 0 fully saturated rings. The summed E-state index contributed by atoms with van der Waals surface area (Å²) in [6.07, 6.45) is 0.0949. The lowest BCUT2D eigenvalue weighted by Gasteiger charge is -2.15. The SMILES string of the molecule is COOCC(C#N)CC(OC)OC. The van der Waals surface area contributed by atoms with Crippen molar-refractivity contribution in [1.29, 1.82) is 5.26 Å². The third-order valence-corrected chi connectivity index (χ3v) is 1.57. The molecule has 0 aromatic carbocycles. The van der Waals surface area contributed by atoms with Crippen LogP contribution in [0.1, 0.15) is 6.42 Å². The Morgan fingerprint density at radius 3 is 2.23 bits per heavy atom. The standard InChI is InChI=1S/C8H15NO4/c1-10-8(11-2)4-7(5-9)6-13-12-3/h7-8H,4,6H2,1-3H3. The number of ether oxygens (including phenoxy) is 2. The second-order valence-corrected chi connectivity index (χ2v) is 2.41. The zero-order valence-electron chi connectivity index (χ0n) is 8.15. The average Bonchev–Trinajstić information content (AvgIpc) is 2.19. The minimum Gasteiger partial charge on any atom is -0.356 e. The highest BCUT2D eigenvalue weighted by Crippen LogP contribution is 2.09. The summed E-state index contributed by atoms with van der Waals surface area (Å²) < 4.78 is 9.88. The van der Waals surface area contributed by atoms with Crippen molar-refractivity contribution in [1.82, 2.24) is 0 Å². The van der Waals surface area contributed by atoms with Crippen molar-refractivity contribution in [2.75, 3.05) is 27.9 Å². The van der Waals surface area contributed by atoms with E-state index in [9.17, 15) is 0 Å². The number of nitrogens with zero attached hydrogens (tertiary/aromatic N) is 1. The van der Waals surface area contributed by atoms with Crippen molar-refractivity contribution in [2.24, 2.45) is 5.92 Å². The van der Waals surface area contributed by atoms with Crippen molar-refractivity contribution in [3.63, 3.8) is 0 Å². The van der Waals surface area contributed by atoms with E-state index in [1.807, 2.05) is 0 Å². The summed E-state index contributed by atoms with van der Waals surface area (Å²) in [5.74, 6) is -0.287. The van der Waals surface area contributed by atoms with Crippen molar-refractivity contribution in [2.45, 2.75) is 12.7 Å². The molecule has 5 heteroatoms. The fourth-order valence-corrected chi connectivity index (χ4v) is 0.829. The molecular weight excluding hydrogens is 174 g/mol. The smallest absolute Gasteiger partial charge is 0.158 e. The Labute approximate surface area is 78.1 Å². The topological polar surface area (TPSA) is 60.7 Å². The summed E-state index contributed by atoms with van der Waals surface area (Å²) in [7, 11) is 4.46. The first-order valence-electron chi connectivity index (χ1n) is 3.89. The molecule has 0 aliphatic rings. The summed E-state index contributed by atoms with van der Waals surface area (Å²) in [4.78, 5) is 9.03. The van der Waals surface area contributed by atoms with E-state index in [4.69, 9.17) is 14.7 Å². The van der Waals surface area contributed by atoms with Crippen molar-refractivity contribution in [3.05, 3.63) is 0 Å². The first-order chi connectivity index (χ1) is 6.28. The minimum atomic E-state index is -0.370. The van der Waals surface area contributed by atoms with Gasteiger partial charge in [-0.2, -0.15) is 5.26 Å². The Balaban J connectivity index is 3.76. The minimum absolute atomic E-state index is 0.218. The van der Waals surface area contributed by atoms with E-state index < -0.39 is 0 Å². The molecule has 0 aliphatic heterocycles. The number of nitriles is 1. The molecule has 0 N–H and O–H groups in total. The third-order valence-electron chi connectivity index (χ3n) is 1.57. The summed E-state index contributed by atoms with van der Waals surface area (Å²) in [5, 5.41) is 8.70. The Kier molecular flexibility index (Phi) is 7.54. The Morgan fingerprint density at radius 1 is 1.23 bits per heavy atom. The van der Waals surface area contributed by atoms with Gasteiger partial charge in [-0.3, -0.25) is 0 Å². The second-order valence-electron chi connectivity index (χ2n) is 2.41. The quantitative estimate of drug-likeness (QED) is 0.335. The van der Waals surface area contributed by atoms with Crippen LogP contribution in [-0.2, 0) is 19.2 Å². The molecule has 0 spiro atoms. The van der Waals surface area contributed by atoms with Crippen LogP contribution in [0.4, 0.5) is 0 Å². The largest absolute Gasteiger partial charge is 0.356 e. The number of hydrogen-bond acceptors (Lipinski definition) is 5. The molecule has 0 radical (unpaired) electrons. The fourth-order valence-electron chi connectivity index (χ4n) is 0.829. The van der Waals surface area contributed by atoms with Crippen LogP contribution in [-0.4, -0.2) is 34.2 Å². The zero-order valence-corrected chi connectivity index (χ0v) is 8.15. The van der Waals surface area contributed by atoms with Gasteiger partial charge in [-0.25, -0.2) is 9.78 Å². The van der Waals surface area contributed by atoms with Crippen LogP contribution >= 0.6 is 0 Å². The lowest BCUT2D eigenvalue weighted by Crippen LogP contribution is -2.20. The van der Waals surface area contributed by atoms with Gasteiger partial charge in [-0.05, 0) is 0 Å². The molecule has 0 saturated heterocycles. The molecule has 0 amide bonds. The Bertz CT molecular complexity index is 153. The molecule has 1 atom stereocenters. The average molecular weight is 189 g/mol. The van der Waals surface area contributed by atoms with Gasteiger partial charge in [-0.15, -0.1) is 0 Å². The molecule has 0 bridgehead atoms. The van der Waals surface area contributed by atoms with E-state index in [1.54, 1.807) is 0 Å². The van der Waals surface area contributed by atoms with E-state index in [-0.39, 0.29) is 18.8 Å². The molecule has 0 aromatic rings. The number of methoxy groups -OCH3 is 2. The molecular formula is C8H15NO4. The summed E-state index contributed by atoms with van der Waals surface area (Å²) in [6, 6.07) is 2.07. The third kappa shape index (κ3) is 5.55. The van der Waals surface area contributed by atoms with Crippen molar-refractivity contribution in [3.8, 4) is 6.07 Å². The van der Waals surface area contributed by atoms with E-state index in [1.165, 1.54) is 21.3 Å². The lowest BCUT2D eigenvalue weighted by atomic mass is 10.1. The predicted molar refractivity (Wildman–Crippen MR) is 44.5 cm³/mol. The fraction of sp³-hybridized carbons (Fsp3) is 0.875. The highest BCUT2D eigenvalue weighted by Gasteiger charge is 2.15. The van der Waals surface area contributed by atoms with Gasteiger partial charge in [0.05, 0.1) is 25.7 Å². The highest BCUT2D eigenvalue weighted by molar-refractivity contribution is 4.82. The first-order valence-corrected chi connectivity index (χ1v) is 3.89. The maximum atomic E-state index is 8.70. The lowest BCUT2D eigenvalue weighted by molar-refractivity contribution is -0.279. The summed E-state index contributed by atoms with van der Waals surface area (Å²) >= 11 is 0. The second kappa shape index (κ2) is 7.95. The monoisotopic (exact) mass is 189 g/mol. The predicted octanol–water partition coefficient (Wildman–Crippen LogP) is 0.713. The summed E-state index contributed by atoms with van der Waals surface area (Å²) in [5.41, 5.74) is 0. The van der Waals surface area contributed by atoms with Gasteiger partial charge >= 0.3 is 0 Å². The Morgan fingerprint density at radius 2 is 1.85 bits per heavy atom. The highest BCUT2D eigenvalue weighted by atomic mass is 17.2. The van der Waals surface area contributed by atoms with Gasteiger partial charge in [0, 0.05) is 20.6 Å². The van der Waals surface area contributed by atoms with Gasteiger partial charge in [0.25, 0.3) is 0 Å². The van der Waals surface area contributed by atoms with Crippen molar-refractivity contribution >= 4 is 0 Å². The maximum Gasteiger partial charge on any atom is 0.158 e. The molecule has 0 rings (SSSR count). The van der Waals surface area contributed by atoms with Crippen LogP contribution in [0.3, 0.4) is 0 Å². The molecule has 0 aromatic heterocycles. The first kappa shape index (κ1) is 12.3. The molecule has 13 heavy (non-hydrogen) atoms. The van der Waals surface area contributed by atoms with Crippen LogP contribution in [0.25, 0.3) is 0 Å². The molecule has 0 saturated carbocycles. The van der Waals surface area contributed by atoms with Gasteiger partial charge in [0.2, 0.25) is 0 Å². The van der Waals surface area contributed by atoms with Gasteiger partial charge in [0.15, 0.2) is 6.29 Å². The van der Waals surface area contributed by atoms with Crippen LogP contribution in [0, 0.1) is 17.2 Å². The van der Waals surface area contributed by atoms with E-state index in [0.29, 0.717) is 6.42 Å². The summed E-state index contributed by atoms with van der Waals surface area (Å²) in [6.45, 7) is 0.218. The molecule has 0 heterocycles. The van der Waals surface area contributed by atoms with Crippen molar-refractivity contribution < 1.29 is 19.2 Å². The number of hydrogen-bond donors (Lipinski definition) is 0. The zero-order chi connectivity index (χ0) is 10.1. The van der Waals surface area contributed by atoms with Gasteiger partial charge in [0.1, 0.15) is 0 Å². The van der Waals surface area contributed by atoms with Crippen LogP contribution < -0.4 is 0 Å².